The number of para-hydroxylation sites is 2. The lowest BCUT2D eigenvalue weighted by molar-refractivity contribution is -0.123. The number of anilines is 2. The monoisotopic (exact) mass is 389 g/mol. The highest BCUT2D eigenvalue weighted by Crippen LogP contribution is 2.43. The highest BCUT2D eigenvalue weighted by molar-refractivity contribution is 6.15. The molecule has 0 saturated heterocycles. The number of benzene rings is 2. The van der Waals surface area contributed by atoms with Gasteiger partial charge >= 0.3 is 0 Å². The fourth-order valence-electron chi connectivity index (χ4n) is 3.95. The number of carbonyl (C=O) groups excluding carboxylic acids is 2. The van der Waals surface area contributed by atoms with Gasteiger partial charge in [0.05, 0.1) is 24.2 Å². The molecule has 0 aliphatic carbocycles. The molecule has 0 fully saturated rings. The van der Waals surface area contributed by atoms with E-state index in [4.69, 9.17) is 4.74 Å². The topological polar surface area (TPSA) is 88.5 Å². The molecule has 3 aromatic rings. The van der Waals surface area contributed by atoms with Crippen molar-refractivity contribution < 1.29 is 14.3 Å². The highest BCUT2D eigenvalue weighted by atomic mass is 16.5. The minimum absolute atomic E-state index is 0.254. The van der Waals surface area contributed by atoms with Crippen LogP contribution in [0.5, 0.6) is 0 Å². The van der Waals surface area contributed by atoms with E-state index in [2.05, 4.69) is 15.7 Å². The molecular weight excluding hydrogens is 370 g/mol. The molecule has 3 heterocycles. The predicted molar refractivity (Wildman–Crippen MR) is 107 cm³/mol. The van der Waals surface area contributed by atoms with Crippen LogP contribution in [0.1, 0.15) is 15.9 Å². The van der Waals surface area contributed by atoms with E-state index in [-0.39, 0.29) is 11.8 Å². The van der Waals surface area contributed by atoms with Crippen LogP contribution >= 0.6 is 0 Å². The van der Waals surface area contributed by atoms with Crippen molar-refractivity contribution in [2.75, 3.05) is 30.5 Å². The first-order chi connectivity index (χ1) is 14.2. The van der Waals surface area contributed by atoms with Gasteiger partial charge in [-0.2, -0.15) is 5.10 Å². The zero-order valence-corrected chi connectivity index (χ0v) is 15.8. The van der Waals surface area contributed by atoms with Gasteiger partial charge in [-0.25, -0.2) is 4.68 Å². The molecule has 0 unspecified atom stereocenters. The van der Waals surface area contributed by atoms with Gasteiger partial charge in [0, 0.05) is 19.2 Å². The second-order valence-electron chi connectivity index (χ2n) is 6.95. The number of nitrogens with one attached hydrogen (secondary N) is 2. The molecule has 2 amide bonds. The van der Waals surface area contributed by atoms with Gasteiger partial charge in [0.1, 0.15) is 11.4 Å². The molecule has 2 aliphatic rings. The Bertz CT molecular complexity index is 1110. The SMILES string of the molecule is COCCN1C(=O)[C@]2(NC(=O)c3cnn(-c4ccccc4)c3N2)c2ccccc21. The van der Waals surface area contributed by atoms with Crippen LogP contribution in [0.3, 0.4) is 0 Å². The average molecular weight is 389 g/mol. The van der Waals surface area contributed by atoms with Crippen molar-refractivity contribution in [3.05, 3.63) is 71.9 Å². The second kappa shape index (κ2) is 6.46. The summed E-state index contributed by atoms with van der Waals surface area (Å²) in [7, 11) is 1.59. The Morgan fingerprint density at radius 3 is 2.59 bits per heavy atom. The number of hydrogen-bond donors (Lipinski definition) is 2. The van der Waals surface area contributed by atoms with E-state index in [9.17, 15) is 9.59 Å². The number of rotatable bonds is 4. The summed E-state index contributed by atoms with van der Waals surface area (Å²) in [6.07, 6.45) is 1.51. The standard InChI is InChI=1S/C21H19N5O3/c1-29-12-11-25-17-10-6-5-9-16(17)21(20(25)28)23-18-15(19(27)24-21)13-22-26(18)14-7-3-2-4-8-14/h2-10,13,23H,11-12H2,1H3,(H,24,27)/t21-/m1/s1. The number of fused-ring (bicyclic) bond motifs is 3. The molecular formula is C21H19N5O3. The van der Waals surface area contributed by atoms with Crippen LogP contribution in [0.15, 0.2) is 60.8 Å². The first-order valence-electron chi connectivity index (χ1n) is 9.30. The molecule has 1 atom stereocenters. The van der Waals surface area contributed by atoms with E-state index in [1.807, 2.05) is 54.6 Å². The van der Waals surface area contributed by atoms with Gasteiger partial charge in [-0.1, -0.05) is 36.4 Å². The molecule has 8 nitrogen and oxygen atoms in total. The van der Waals surface area contributed by atoms with E-state index in [1.165, 1.54) is 6.20 Å². The van der Waals surface area contributed by atoms with Crippen LogP contribution in [0.4, 0.5) is 11.5 Å². The average Bonchev–Trinajstić information content (AvgIpc) is 3.27. The second-order valence-corrected chi connectivity index (χ2v) is 6.95. The molecule has 146 valence electrons. The first kappa shape index (κ1) is 17.4. The summed E-state index contributed by atoms with van der Waals surface area (Å²) in [6, 6.07) is 16.9. The predicted octanol–water partition coefficient (Wildman–Crippen LogP) is 1.87. The fraction of sp³-hybridized carbons (Fsp3) is 0.190. The molecule has 5 rings (SSSR count). The number of aromatic nitrogens is 2. The van der Waals surface area contributed by atoms with Crippen molar-refractivity contribution in [1.29, 1.82) is 0 Å². The Kier molecular flexibility index (Phi) is 3.88. The van der Waals surface area contributed by atoms with E-state index in [1.54, 1.807) is 16.7 Å². The van der Waals surface area contributed by atoms with Crippen LogP contribution in [-0.2, 0) is 15.2 Å². The fourth-order valence-corrected chi connectivity index (χ4v) is 3.95. The van der Waals surface area contributed by atoms with Crippen molar-refractivity contribution in [1.82, 2.24) is 15.1 Å². The van der Waals surface area contributed by atoms with Crippen molar-refractivity contribution >= 4 is 23.3 Å². The van der Waals surface area contributed by atoms with Gasteiger partial charge in [0.2, 0.25) is 5.66 Å². The summed E-state index contributed by atoms with van der Waals surface area (Å²) in [6.45, 7) is 0.772. The number of carbonyl (C=O) groups is 2. The number of methoxy groups -OCH3 is 1. The van der Waals surface area contributed by atoms with Crippen molar-refractivity contribution in [2.45, 2.75) is 5.66 Å². The van der Waals surface area contributed by atoms with Crippen LogP contribution < -0.4 is 15.5 Å². The van der Waals surface area contributed by atoms with Gasteiger partial charge in [-0.3, -0.25) is 9.59 Å². The van der Waals surface area contributed by atoms with Gasteiger partial charge in [0.25, 0.3) is 11.8 Å². The molecule has 29 heavy (non-hydrogen) atoms. The summed E-state index contributed by atoms with van der Waals surface area (Å²) >= 11 is 0. The van der Waals surface area contributed by atoms with Crippen LogP contribution in [0, 0.1) is 0 Å². The largest absolute Gasteiger partial charge is 0.383 e. The Morgan fingerprint density at radius 2 is 1.79 bits per heavy atom. The third-order valence-electron chi connectivity index (χ3n) is 5.31. The lowest BCUT2D eigenvalue weighted by atomic mass is 9.97. The number of ether oxygens (including phenoxy) is 1. The Morgan fingerprint density at radius 1 is 1.03 bits per heavy atom. The smallest absolute Gasteiger partial charge is 0.278 e. The van der Waals surface area contributed by atoms with Crippen LogP contribution in [0.2, 0.25) is 0 Å². The quantitative estimate of drug-likeness (QED) is 0.711. The maximum absolute atomic E-state index is 13.5. The first-order valence-corrected chi connectivity index (χ1v) is 9.30. The van der Waals surface area contributed by atoms with Crippen LogP contribution in [0.25, 0.3) is 5.69 Å². The molecule has 1 spiro atoms. The molecule has 2 aliphatic heterocycles. The minimum Gasteiger partial charge on any atom is -0.383 e. The summed E-state index contributed by atoms with van der Waals surface area (Å²) < 4.78 is 6.81. The molecule has 0 bridgehead atoms. The number of nitrogens with zero attached hydrogens (tertiary/aromatic N) is 3. The summed E-state index contributed by atoms with van der Waals surface area (Å²) in [5, 5.41) is 10.6. The number of hydrogen-bond acceptors (Lipinski definition) is 5. The van der Waals surface area contributed by atoms with Gasteiger partial charge < -0.3 is 20.3 Å². The zero-order chi connectivity index (χ0) is 20.0. The molecule has 8 heteroatoms. The Hall–Kier alpha value is -3.65. The van der Waals surface area contributed by atoms with E-state index in [0.717, 1.165) is 11.4 Å². The lowest BCUT2D eigenvalue weighted by Crippen LogP contribution is -2.60. The van der Waals surface area contributed by atoms with E-state index >= 15 is 0 Å². The zero-order valence-electron chi connectivity index (χ0n) is 15.8. The van der Waals surface area contributed by atoms with Crippen LogP contribution in [-0.4, -0.2) is 41.9 Å². The van der Waals surface area contributed by atoms with Crippen molar-refractivity contribution in [2.24, 2.45) is 0 Å². The van der Waals surface area contributed by atoms with Crippen molar-refractivity contribution in [3.8, 4) is 5.69 Å². The van der Waals surface area contributed by atoms with E-state index in [0.29, 0.717) is 30.1 Å². The molecule has 2 aromatic carbocycles. The van der Waals surface area contributed by atoms with Gasteiger partial charge in [-0.15, -0.1) is 0 Å². The lowest BCUT2D eigenvalue weighted by Gasteiger charge is -2.35. The Labute approximate surface area is 167 Å². The molecule has 0 saturated carbocycles. The highest BCUT2D eigenvalue weighted by Gasteiger charge is 2.55. The summed E-state index contributed by atoms with van der Waals surface area (Å²) in [4.78, 5) is 28.1. The molecule has 1 aromatic heterocycles. The summed E-state index contributed by atoms with van der Waals surface area (Å²) in [5.74, 6) is -0.120. The van der Waals surface area contributed by atoms with Crippen molar-refractivity contribution in [3.63, 3.8) is 0 Å². The van der Waals surface area contributed by atoms with E-state index < -0.39 is 5.66 Å². The molecule has 0 radical (unpaired) electrons. The maximum atomic E-state index is 13.5. The Balaban J connectivity index is 1.64. The third kappa shape index (κ3) is 2.46. The van der Waals surface area contributed by atoms with Gasteiger partial charge in [0.15, 0.2) is 0 Å². The minimum atomic E-state index is -1.39. The summed E-state index contributed by atoms with van der Waals surface area (Å²) in [5.41, 5.74) is 1.24. The third-order valence-corrected chi connectivity index (χ3v) is 5.31. The molecule has 2 N–H and O–H groups in total. The normalized spacial score (nSPS) is 19.7. The maximum Gasteiger partial charge on any atom is 0.278 e. The van der Waals surface area contributed by atoms with Gasteiger partial charge in [-0.05, 0) is 18.2 Å². The number of amides is 2.